The predicted molar refractivity (Wildman–Crippen MR) is 27.8 cm³/mol. The second-order valence-corrected chi connectivity index (χ2v) is 1.81. The van der Waals surface area contributed by atoms with E-state index in [-0.39, 0.29) is 6.04 Å². The van der Waals surface area contributed by atoms with E-state index in [1.165, 1.54) is 0 Å². The van der Waals surface area contributed by atoms with Crippen molar-refractivity contribution in [2.45, 2.75) is 6.04 Å². The summed E-state index contributed by atoms with van der Waals surface area (Å²) in [4.78, 5) is 0. The highest BCUT2D eigenvalue weighted by molar-refractivity contribution is 4.90. The molecule has 0 aliphatic carbocycles. The van der Waals surface area contributed by atoms with Gasteiger partial charge in [-0.3, -0.25) is 0 Å². The Hall–Kier alpha value is -0.120. The van der Waals surface area contributed by atoms with Crippen molar-refractivity contribution >= 4 is 0 Å². The molecule has 1 heterocycles. The molecule has 2 atom stereocenters. The molecular weight excluding hydrogens is 92.1 g/mol. The van der Waals surface area contributed by atoms with Gasteiger partial charge in [0.25, 0.3) is 0 Å². The SMILES string of the molecule is CNCC1CN1[O-]. The zero-order chi connectivity index (χ0) is 5.28. The quantitative estimate of drug-likeness (QED) is 0.471. The maximum Gasteiger partial charge on any atom is 0.0222 e. The number of hydrogen-bond donors (Lipinski definition) is 1. The van der Waals surface area contributed by atoms with Gasteiger partial charge in [-0.25, -0.2) is 0 Å². The van der Waals surface area contributed by atoms with Gasteiger partial charge in [0.2, 0.25) is 0 Å². The number of nitrogens with one attached hydrogen (secondary N) is 1. The van der Waals surface area contributed by atoms with Crippen molar-refractivity contribution in [1.82, 2.24) is 10.4 Å². The Kier molecular flexibility index (Phi) is 1.27. The first-order chi connectivity index (χ1) is 3.34. The molecule has 0 aromatic rings. The third-order valence-corrected chi connectivity index (χ3v) is 1.10. The van der Waals surface area contributed by atoms with Crippen LogP contribution in [-0.2, 0) is 0 Å². The maximum absolute atomic E-state index is 10.2. The lowest BCUT2D eigenvalue weighted by molar-refractivity contribution is 0.639. The third kappa shape index (κ3) is 1.12. The predicted octanol–water partition coefficient (Wildman–Crippen LogP) is -0.612. The number of hydrogen-bond acceptors (Lipinski definition) is 3. The van der Waals surface area contributed by atoms with Gasteiger partial charge in [-0.15, -0.1) is 0 Å². The Morgan fingerprint density at radius 3 is 2.71 bits per heavy atom. The summed E-state index contributed by atoms with van der Waals surface area (Å²) in [6.45, 7) is 1.56. The van der Waals surface area contributed by atoms with Crippen molar-refractivity contribution in [1.29, 1.82) is 0 Å². The molecule has 3 heteroatoms. The summed E-state index contributed by atoms with van der Waals surface area (Å²) < 4.78 is 0. The average Bonchev–Trinajstić information content (AvgIpc) is 2.22. The van der Waals surface area contributed by atoms with Crippen molar-refractivity contribution in [3.05, 3.63) is 5.21 Å². The summed E-state index contributed by atoms with van der Waals surface area (Å²) in [5, 5.41) is 14.1. The first kappa shape index (κ1) is 5.03. The van der Waals surface area contributed by atoms with Gasteiger partial charge in [-0.2, -0.15) is 0 Å². The lowest BCUT2D eigenvalue weighted by atomic mass is 10.5. The molecule has 0 aromatic heterocycles. The molecule has 0 amide bonds. The summed E-state index contributed by atoms with van der Waals surface area (Å²) in [5.74, 6) is 0. The normalized spacial score (nSPS) is 38.6. The third-order valence-electron chi connectivity index (χ3n) is 1.10. The second-order valence-electron chi connectivity index (χ2n) is 1.81. The molecule has 42 valence electrons. The smallest absolute Gasteiger partial charge is 0.0222 e. The summed E-state index contributed by atoms with van der Waals surface area (Å²) in [5.41, 5.74) is 0. The first-order valence-corrected chi connectivity index (χ1v) is 2.43. The summed E-state index contributed by atoms with van der Waals surface area (Å²) in [7, 11) is 1.85. The van der Waals surface area contributed by atoms with E-state index >= 15 is 0 Å². The minimum atomic E-state index is 0.282. The van der Waals surface area contributed by atoms with Crippen LogP contribution in [0.4, 0.5) is 0 Å². The molecule has 1 N–H and O–H groups in total. The Balaban J connectivity index is 1.98. The molecule has 1 saturated heterocycles. The molecular formula is C4H9N2O-. The minimum Gasteiger partial charge on any atom is -0.785 e. The van der Waals surface area contributed by atoms with Gasteiger partial charge in [0.05, 0.1) is 0 Å². The van der Waals surface area contributed by atoms with Crippen LogP contribution in [0.15, 0.2) is 0 Å². The van der Waals surface area contributed by atoms with E-state index < -0.39 is 0 Å². The molecule has 2 unspecified atom stereocenters. The van der Waals surface area contributed by atoms with Gasteiger partial charge in [0.1, 0.15) is 0 Å². The highest BCUT2D eigenvalue weighted by Crippen LogP contribution is 2.11. The molecule has 0 saturated carbocycles. The first-order valence-electron chi connectivity index (χ1n) is 2.43. The van der Waals surface area contributed by atoms with E-state index in [1.54, 1.807) is 0 Å². The lowest BCUT2D eigenvalue weighted by Crippen LogP contribution is -2.15. The van der Waals surface area contributed by atoms with Crippen molar-refractivity contribution in [3.63, 3.8) is 0 Å². The molecule has 0 aromatic carbocycles. The van der Waals surface area contributed by atoms with Crippen LogP contribution in [0.5, 0.6) is 0 Å². The monoisotopic (exact) mass is 101 g/mol. The van der Waals surface area contributed by atoms with E-state index in [9.17, 15) is 5.21 Å². The minimum absolute atomic E-state index is 0.282. The molecule has 1 rings (SSSR count). The van der Waals surface area contributed by atoms with Crippen molar-refractivity contribution in [2.24, 2.45) is 0 Å². The molecule has 0 bridgehead atoms. The fourth-order valence-electron chi connectivity index (χ4n) is 0.563. The topological polar surface area (TPSA) is 38.1 Å². The lowest BCUT2D eigenvalue weighted by Gasteiger charge is -2.03. The largest absolute Gasteiger partial charge is 0.785 e. The summed E-state index contributed by atoms with van der Waals surface area (Å²) in [6, 6.07) is 0.282. The van der Waals surface area contributed by atoms with Crippen LogP contribution < -0.4 is 5.32 Å². The van der Waals surface area contributed by atoms with E-state index in [2.05, 4.69) is 5.32 Å². The number of rotatable bonds is 2. The molecule has 0 spiro atoms. The number of hydroxylamine groups is 2. The molecule has 3 nitrogen and oxygen atoms in total. The highest BCUT2D eigenvalue weighted by Gasteiger charge is 2.22. The maximum atomic E-state index is 10.2. The second kappa shape index (κ2) is 1.78. The van der Waals surface area contributed by atoms with E-state index in [0.717, 1.165) is 18.2 Å². The standard InChI is InChI=1S/C4H9N2O/c1-5-2-4-3-6(4)7/h4-5H,2-3H2,1H3/q-1. The van der Waals surface area contributed by atoms with Crippen molar-refractivity contribution in [2.75, 3.05) is 20.1 Å². The zero-order valence-corrected chi connectivity index (χ0v) is 4.35. The van der Waals surface area contributed by atoms with Crippen LogP contribution >= 0.6 is 0 Å². The van der Waals surface area contributed by atoms with Crippen LogP contribution in [-0.4, -0.2) is 31.2 Å². The summed E-state index contributed by atoms with van der Waals surface area (Å²) >= 11 is 0. The van der Waals surface area contributed by atoms with Crippen molar-refractivity contribution in [3.8, 4) is 0 Å². The van der Waals surface area contributed by atoms with Crippen LogP contribution in [0.3, 0.4) is 0 Å². The molecule has 0 radical (unpaired) electrons. The summed E-state index contributed by atoms with van der Waals surface area (Å²) in [6.07, 6.45) is 0. The van der Waals surface area contributed by atoms with Gasteiger partial charge in [0, 0.05) is 19.1 Å². The zero-order valence-electron chi connectivity index (χ0n) is 4.35. The van der Waals surface area contributed by atoms with Crippen LogP contribution in [0.2, 0.25) is 0 Å². The van der Waals surface area contributed by atoms with Crippen molar-refractivity contribution < 1.29 is 0 Å². The fraction of sp³-hybridized carbons (Fsp3) is 1.00. The molecule has 7 heavy (non-hydrogen) atoms. The van der Waals surface area contributed by atoms with E-state index in [4.69, 9.17) is 0 Å². The Morgan fingerprint density at radius 2 is 2.57 bits per heavy atom. The highest BCUT2D eigenvalue weighted by atomic mass is 16.5. The average molecular weight is 101 g/mol. The van der Waals surface area contributed by atoms with E-state index in [1.807, 2.05) is 7.05 Å². The van der Waals surface area contributed by atoms with Crippen LogP contribution in [0, 0.1) is 5.21 Å². The Morgan fingerprint density at radius 1 is 2.00 bits per heavy atom. The van der Waals surface area contributed by atoms with Gasteiger partial charge < -0.3 is 15.6 Å². The van der Waals surface area contributed by atoms with Gasteiger partial charge in [-0.05, 0) is 7.05 Å². The van der Waals surface area contributed by atoms with Gasteiger partial charge >= 0.3 is 0 Å². The van der Waals surface area contributed by atoms with E-state index in [0.29, 0.717) is 0 Å². The Bertz CT molecular complexity index is 66.7. The molecule has 1 fully saturated rings. The van der Waals surface area contributed by atoms with Gasteiger partial charge in [0.15, 0.2) is 0 Å². The van der Waals surface area contributed by atoms with Crippen LogP contribution in [0.1, 0.15) is 0 Å². The molecule has 1 aliphatic heterocycles. The molecule has 1 aliphatic rings. The number of nitrogens with zero attached hydrogens (tertiary/aromatic N) is 1. The van der Waals surface area contributed by atoms with Gasteiger partial charge in [-0.1, -0.05) is 0 Å². The van der Waals surface area contributed by atoms with Crippen LogP contribution in [0.25, 0.3) is 0 Å². The number of likely N-dealkylation sites (N-methyl/N-ethyl adjacent to an activating group) is 1. The Labute approximate surface area is 42.9 Å². The fourth-order valence-corrected chi connectivity index (χ4v) is 0.563.